The molecule has 136 valence electrons. The van der Waals surface area contributed by atoms with E-state index in [0.717, 1.165) is 0 Å². The molecule has 0 unspecified atom stereocenters. The molecule has 0 atom stereocenters. The third-order valence-electron chi connectivity index (χ3n) is 3.18. The van der Waals surface area contributed by atoms with Gasteiger partial charge < -0.3 is 14.8 Å². The minimum absolute atomic E-state index is 0.0908. The van der Waals surface area contributed by atoms with E-state index in [0.29, 0.717) is 11.3 Å². The van der Waals surface area contributed by atoms with Gasteiger partial charge in [-0.25, -0.2) is 4.79 Å². The average Bonchev–Trinajstić information content (AvgIpc) is 2.59. The zero-order valence-electron chi connectivity index (χ0n) is 13.7. The van der Waals surface area contributed by atoms with E-state index < -0.39 is 25.0 Å². The van der Waals surface area contributed by atoms with Gasteiger partial charge in [-0.1, -0.05) is 0 Å². The Kier molecular flexibility index (Phi) is 6.37. The molecular weight excluding hydrogens is 348 g/mol. The maximum Gasteiger partial charge on any atom is 0.387 e. The first-order valence-corrected chi connectivity index (χ1v) is 7.48. The fraction of sp³-hybridized carbons (Fsp3) is 0.167. The van der Waals surface area contributed by atoms with Gasteiger partial charge in [0.1, 0.15) is 5.75 Å². The molecule has 0 heterocycles. The lowest BCUT2D eigenvalue weighted by molar-refractivity contribution is -0.114. The number of rotatable bonds is 7. The van der Waals surface area contributed by atoms with Crippen molar-refractivity contribution >= 4 is 23.3 Å². The molecule has 2 aromatic rings. The van der Waals surface area contributed by atoms with E-state index in [1.54, 1.807) is 12.1 Å². The van der Waals surface area contributed by atoms with Crippen LogP contribution in [0.3, 0.4) is 0 Å². The Bertz CT molecular complexity index is 788. The monoisotopic (exact) mass is 363 g/mol. The molecular formula is C18H15F2NO5. The van der Waals surface area contributed by atoms with Crippen molar-refractivity contribution < 1.29 is 32.6 Å². The maximum atomic E-state index is 12.1. The summed E-state index contributed by atoms with van der Waals surface area (Å²) in [5.74, 6) is -1.52. The number of benzene rings is 2. The molecule has 2 aromatic carbocycles. The second-order valence-corrected chi connectivity index (χ2v) is 5.16. The Balaban J connectivity index is 1.90. The summed E-state index contributed by atoms with van der Waals surface area (Å²) in [6.45, 7) is -2.07. The Hall–Kier alpha value is -3.29. The van der Waals surface area contributed by atoms with Crippen LogP contribution in [-0.4, -0.2) is 30.9 Å². The molecule has 6 nitrogen and oxygen atoms in total. The average molecular weight is 363 g/mol. The first kappa shape index (κ1) is 19.0. The normalized spacial score (nSPS) is 10.3. The minimum Gasteiger partial charge on any atom is -0.454 e. The zero-order chi connectivity index (χ0) is 19.1. The number of anilines is 1. The van der Waals surface area contributed by atoms with Gasteiger partial charge >= 0.3 is 12.6 Å². The Labute approximate surface area is 147 Å². The number of halogens is 2. The molecule has 0 aliphatic rings. The van der Waals surface area contributed by atoms with E-state index >= 15 is 0 Å². The van der Waals surface area contributed by atoms with Crippen molar-refractivity contribution in [1.29, 1.82) is 0 Å². The number of ketones is 1. The largest absolute Gasteiger partial charge is 0.454 e. The fourth-order valence-corrected chi connectivity index (χ4v) is 2.01. The van der Waals surface area contributed by atoms with Crippen LogP contribution in [0.4, 0.5) is 14.5 Å². The summed E-state index contributed by atoms with van der Waals surface area (Å²) in [6, 6.07) is 11.0. The van der Waals surface area contributed by atoms with E-state index in [1.165, 1.54) is 43.3 Å². The molecule has 1 amide bonds. The molecule has 0 fully saturated rings. The molecule has 0 spiro atoms. The molecule has 0 aromatic heterocycles. The van der Waals surface area contributed by atoms with Crippen LogP contribution < -0.4 is 10.1 Å². The molecule has 0 aliphatic carbocycles. The third kappa shape index (κ3) is 5.66. The van der Waals surface area contributed by atoms with Gasteiger partial charge in [-0.3, -0.25) is 9.59 Å². The summed E-state index contributed by atoms with van der Waals surface area (Å²) in [4.78, 5) is 34.8. The van der Waals surface area contributed by atoms with Crippen molar-refractivity contribution in [3.8, 4) is 5.75 Å². The standard InChI is InChI=1S/C18H15F2NO5/c1-11(22)21-14-6-2-12(3-7-14)16(23)10-25-17(24)13-4-8-15(9-5-13)26-18(19)20/h2-9,18H,10H2,1H3,(H,21,22). The van der Waals surface area contributed by atoms with Crippen molar-refractivity contribution in [1.82, 2.24) is 0 Å². The van der Waals surface area contributed by atoms with E-state index in [-0.39, 0.29) is 17.2 Å². The SMILES string of the molecule is CC(=O)Nc1ccc(C(=O)COC(=O)c2ccc(OC(F)F)cc2)cc1. The lowest BCUT2D eigenvalue weighted by Gasteiger charge is -2.07. The van der Waals surface area contributed by atoms with Gasteiger partial charge in [0.15, 0.2) is 12.4 Å². The van der Waals surface area contributed by atoms with Gasteiger partial charge in [0.05, 0.1) is 5.56 Å². The maximum absolute atomic E-state index is 12.1. The molecule has 8 heteroatoms. The van der Waals surface area contributed by atoms with Gasteiger partial charge in [0.2, 0.25) is 5.91 Å². The Morgan fingerprint density at radius 2 is 1.54 bits per heavy atom. The van der Waals surface area contributed by atoms with Gasteiger partial charge in [-0.15, -0.1) is 0 Å². The van der Waals surface area contributed by atoms with Gasteiger partial charge in [0, 0.05) is 18.2 Å². The highest BCUT2D eigenvalue weighted by Gasteiger charge is 2.13. The molecule has 0 saturated carbocycles. The lowest BCUT2D eigenvalue weighted by Crippen LogP contribution is -2.14. The Morgan fingerprint density at radius 3 is 2.08 bits per heavy atom. The van der Waals surface area contributed by atoms with Crippen LogP contribution in [0.25, 0.3) is 0 Å². The lowest BCUT2D eigenvalue weighted by atomic mass is 10.1. The van der Waals surface area contributed by atoms with E-state index in [2.05, 4.69) is 10.1 Å². The summed E-state index contributed by atoms with van der Waals surface area (Å²) < 4.78 is 33.2. The van der Waals surface area contributed by atoms with Gasteiger partial charge in [0.25, 0.3) is 0 Å². The number of esters is 1. The molecule has 2 rings (SSSR count). The number of alkyl halides is 2. The molecule has 1 N–H and O–H groups in total. The van der Waals surface area contributed by atoms with Crippen molar-refractivity contribution in [2.75, 3.05) is 11.9 Å². The second kappa shape index (κ2) is 8.70. The number of ether oxygens (including phenoxy) is 2. The number of amides is 1. The number of hydrogen-bond donors (Lipinski definition) is 1. The predicted octanol–water partition coefficient (Wildman–Crippen LogP) is 3.29. The predicted molar refractivity (Wildman–Crippen MR) is 88.4 cm³/mol. The van der Waals surface area contributed by atoms with Crippen LogP contribution in [0.15, 0.2) is 48.5 Å². The number of Topliss-reactive ketones (excluding diaryl/α,β-unsaturated/α-hetero) is 1. The van der Waals surface area contributed by atoms with Crippen LogP contribution in [0.5, 0.6) is 5.75 Å². The van der Waals surface area contributed by atoms with Crippen molar-refractivity contribution in [3.05, 3.63) is 59.7 Å². The van der Waals surface area contributed by atoms with Crippen LogP contribution in [0.2, 0.25) is 0 Å². The summed E-state index contributed by atoms with van der Waals surface area (Å²) in [5, 5.41) is 2.57. The summed E-state index contributed by atoms with van der Waals surface area (Å²) >= 11 is 0. The van der Waals surface area contributed by atoms with Crippen LogP contribution >= 0.6 is 0 Å². The van der Waals surface area contributed by atoms with E-state index in [9.17, 15) is 23.2 Å². The van der Waals surface area contributed by atoms with Crippen LogP contribution in [0, 0.1) is 0 Å². The number of hydrogen-bond acceptors (Lipinski definition) is 5. The molecule has 26 heavy (non-hydrogen) atoms. The second-order valence-electron chi connectivity index (χ2n) is 5.16. The zero-order valence-corrected chi connectivity index (χ0v) is 13.7. The molecule has 0 saturated heterocycles. The van der Waals surface area contributed by atoms with Crippen molar-refractivity contribution in [2.24, 2.45) is 0 Å². The quantitative estimate of drug-likeness (QED) is 0.603. The van der Waals surface area contributed by atoms with E-state index in [4.69, 9.17) is 4.74 Å². The van der Waals surface area contributed by atoms with E-state index in [1.807, 2.05) is 0 Å². The topological polar surface area (TPSA) is 81.7 Å². The summed E-state index contributed by atoms with van der Waals surface area (Å²) in [6.07, 6.45) is 0. The smallest absolute Gasteiger partial charge is 0.387 e. The number of nitrogens with one attached hydrogen (secondary N) is 1. The van der Waals surface area contributed by atoms with Gasteiger partial charge in [-0.2, -0.15) is 8.78 Å². The van der Waals surface area contributed by atoms with Gasteiger partial charge in [-0.05, 0) is 48.5 Å². The molecule has 0 radical (unpaired) electrons. The highest BCUT2D eigenvalue weighted by atomic mass is 19.3. The van der Waals surface area contributed by atoms with Crippen molar-refractivity contribution in [2.45, 2.75) is 13.5 Å². The third-order valence-corrected chi connectivity index (χ3v) is 3.18. The number of carbonyl (C=O) groups excluding carboxylic acids is 3. The highest BCUT2D eigenvalue weighted by molar-refractivity contribution is 6.00. The number of carbonyl (C=O) groups is 3. The highest BCUT2D eigenvalue weighted by Crippen LogP contribution is 2.16. The summed E-state index contributed by atoms with van der Waals surface area (Å²) in [5.41, 5.74) is 0.949. The molecule has 0 aliphatic heterocycles. The fourth-order valence-electron chi connectivity index (χ4n) is 2.01. The first-order chi connectivity index (χ1) is 12.3. The van der Waals surface area contributed by atoms with Crippen LogP contribution in [0.1, 0.15) is 27.6 Å². The van der Waals surface area contributed by atoms with Crippen molar-refractivity contribution in [3.63, 3.8) is 0 Å². The first-order valence-electron chi connectivity index (χ1n) is 7.48. The summed E-state index contributed by atoms with van der Waals surface area (Å²) in [7, 11) is 0. The molecule has 0 bridgehead atoms. The minimum atomic E-state index is -2.96. The van der Waals surface area contributed by atoms with Crippen LogP contribution in [-0.2, 0) is 9.53 Å². The Morgan fingerprint density at radius 1 is 0.962 bits per heavy atom.